The molecule has 0 unspecified atom stereocenters. The van der Waals surface area contributed by atoms with E-state index < -0.39 is 0 Å². The van der Waals surface area contributed by atoms with E-state index >= 15 is 0 Å². The Morgan fingerprint density at radius 2 is 0.692 bits per heavy atom. The summed E-state index contributed by atoms with van der Waals surface area (Å²) in [7, 11) is 0. The molecule has 0 saturated heterocycles. The molecule has 23 rings (SSSR count). The molecule has 714 valence electrons. The minimum atomic E-state index is 0. The van der Waals surface area contributed by atoms with Gasteiger partial charge in [0.1, 0.15) is 11.5 Å². The van der Waals surface area contributed by atoms with Crippen LogP contribution in [0.1, 0.15) is 135 Å². The molecule has 0 amide bonds. The zero-order chi connectivity index (χ0) is 93.9. The molecule has 143 heavy (non-hydrogen) atoms. The van der Waals surface area contributed by atoms with Crippen molar-refractivity contribution >= 4 is 44.9 Å². The van der Waals surface area contributed by atoms with Crippen LogP contribution in [-0.2, 0) is 169 Å². The van der Waals surface area contributed by atoms with Crippen LogP contribution in [0.15, 0.2) is 350 Å². The summed E-state index contributed by atoms with van der Waals surface area (Å²) >= 11 is 0. The summed E-state index contributed by atoms with van der Waals surface area (Å²) in [5.41, 5.74) is 36.2. The molecule has 8 heterocycles. The van der Waals surface area contributed by atoms with Crippen molar-refractivity contribution in [2.24, 2.45) is 9.98 Å². The van der Waals surface area contributed by atoms with Gasteiger partial charge in [-0.2, -0.15) is 41.5 Å². The third-order valence-corrected chi connectivity index (χ3v) is 25.1. The van der Waals surface area contributed by atoms with Crippen LogP contribution in [-0.4, -0.2) is 70.9 Å². The van der Waals surface area contributed by atoms with Gasteiger partial charge in [-0.25, -0.2) is 34.2 Å². The van der Waals surface area contributed by atoms with Crippen LogP contribution in [0.25, 0.3) is 146 Å². The molecule has 14 nitrogen and oxygen atoms in total. The zero-order valence-corrected chi connectivity index (χ0v) is 94.2. The molecule has 20 heteroatoms. The number of phenolic OH excluding ortho intramolecular Hbond substituents is 4. The molecule has 0 spiro atoms. The van der Waals surface area contributed by atoms with Gasteiger partial charge >= 0.3 is 0 Å². The van der Waals surface area contributed by atoms with Crippen LogP contribution in [0, 0.1) is 48.5 Å². The first-order valence-electron chi connectivity index (χ1n) is 46.3. The SMILES string of the molecule is CC(C)c1cccc(C(C)C)c1-n1c(-c2[c-]cccc2)nc2c(-c3ccc4c(n3)-c3c(O)cccc3C4)cccc21.CC(C)c1cccc(C(C)C)c1-n1c(-c2[c-]cccc2)nc2c(-c3cccc(-c4ccccc4O)n3)cccc21.Oc1ccc[c-]c1-c1[c-]ccc(-c2[c-]c(C3=Nc4ccccc4C3)ccc2)n1.Oc1ccc[c-]c1-c1[c-]ccc(-c2cccc3c2N=C(c2[c-]cccc2)C3)n1.[Pt].[Pt].[Pt].[Pt].[Y].[Y]. The van der Waals surface area contributed by atoms with Crippen LogP contribution < -0.4 is 0 Å². The van der Waals surface area contributed by atoms with E-state index in [-0.39, 0.29) is 173 Å². The zero-order valence-electron chi connectivity index (χ0n) is 79.4. The number of aromatic nitrogens is 8. The molecular weight excluding hydrogens is 2640 g/mol. The number of pyridine rings is 4. The number of phenols is 4. The number of hydrogen-bond acceptors (Lipinski definition) is 12. The second-order valence-corrected chi connectivity index (χ2v) is 35.4. The number of aromatic hydroxyl groups is 4. The summed E-state index contributed by atoms with van der Waals surface area (Å²) in [4.78, 5) is 39.8. The number of rotatable bonds is 17. The second-order valence-electron chi connectivity index (χ2n) is 35.4. The van der Waals surface area contributed by atoms with Crippen LogP contribution in [0.3, 0.4) is 0 Å². The Balaban J connectivity index is 0.000000151. The Hall–Kier alpha value is -11.9. The minimum Gasteiger partial charge on any atom is -0.564 e. The maximum Gasteiger partial charge on any atom is 0.125 e. The van der Waals surface area contributed by atoms with E-state index in [4.69, 9.17) is 34.9 Å². The smallest absolute Gasteiger partial charge is 0.125 e. The van der Waals surface area contributed by atoms with Gasteiger partial charge in [0, 0.05) is 201 Å². The number of fused-ring (bicyclic) bond motifs is 7. The molecule has 20 aromatic rings. The van der Waals surface area contributed by atoms with Gasteiger partial charge in [-0.1, -0.05) is 195 Å². The Morgan fingerprint density at radius 1 is 0.280 bits per heavy atom. The third kappa shape index (κ3) is 22.4. The van der Waals surface area contributed by atoms with Crippen molar-refractivity contribution in [3.63, 3.8) is 0 Å². The number of imidazole rings is 2. The van der Waals surface area contributed by atoms with Crippen molar-refractivity contribution in [1.82, 2.24) is 39.0 Å². The van der Waals surface area contributed by atoms with Gasteiger partial charge in [-0.3, -0.25) is 20.0 Å². The maximum atomic E-state index is 10.7. The summed E-state index contributed by atoms with van der Waals surface area (Å²) in [5.74, 6) is 3.83. The molecule has 0 atom stereocenters. The Labute approximate surface area is 942 Å². The topological polar surface area (TPSA) is 193 Å². The van der Waals surface area contributed by atoms with Gasteiger partial charge in [0.05, 0.1) is 67.9 Å². The van der Waals surface area contributed by atoms with Crippen LogP contribution >= 0.6 is 0 Å². The van der Waals surface area contributed by atoms with Crippen molar-refractivity contribution in [2.75, 3.05) is 0 Å². The Kier molecular flexibility index (Phi) is 35.7. The van der Waals surface area contributed by atoms with Gasteiger partial charge in [0.25, 0.3) is 0 Å². The average Bonchev–Trinajstić information content (AvgIpc) is 1.56. The third-order valence-electron chi connectivity index (χ3n) is 25.1. The van der Waals surface area contributed by atoms with Gasteiger partial charge in [0.2, 0.25) is 0 Å². The molecule has 0 saturated carbocycles. The largest absolute Gasteiger partial charge is 0.564 e. The van der Waals surface area contributed by atoms with Crippen LogP contribution in [0.2, 0.25) is 0 Å². The van der Waals surface area contributed by atoms with E-state index in [2.05, 4.69) is 233 Å². The molecule has 1 aliphatic carbocycles. The van der Waals surface area contributed by atoms with E-state index in [0.717, 1.165) is 171 Å². The summed E-state index contributed by atoms with van der Waals surface area (Å²) in [6.07, 6.45) is 2.37. The fraction of sp³-hybridized carbons (Fsp3) is 0.122. The molecule has 3 aliphatic rings. The van der Waals surface area contributed by atoms with Crippen molar-refractivity contribution in [2.45, 2.75) is 98.3 Å². The number of hydrogen-bond donors (Lipinski definition) is 4. The number of para-hydroxylation sites is 7. The average molecular weight is 2730 g/mol. The summed E-state index contributed by atoms with van der Waals surface area (Å²) in [6, 6.07) is 137. The molecule has 6 aromatic heterocycles. The predicted molar refractivity (Wildman–Crippen MR) is 550 cm³/mol. The molecular formula is C123H94N10O4Pt4Y2-8. The van der Waals surface area contributed by atoms with Gasteiger partial charge in [0.15, 0.2) is 0 Å². The van der Waals surface area contributed by atoms with Crippen molar-refractivity contribution < 1.29 is 170 Å². The van der Waals surface area contributed by atoms with Gasteiger partial charge in [-0.15, -0.1) is 185 Å². The first-order chi connectivity index (χ1) is 66.9. The molecule has 2 radical (unpaired) electrons. The van der Waals surface area contributed by atoms with Crippen molar-refractivity contribution in [3.8, 4) is 147 Å². The van der Waals surface area contributed by atoms with Gasteiger partial charge < -0.3 is 39.5 Å². The van der Waals surface area contributed by atoms with E-state index in [1.807, 2.05) is 170 Å². The normalized spacial score (nSPS) is 11.7. The fourth-order valence-electron chi connectivity index (χ4n) is 18.5. The fourth-order valence-corrected chi connectivity index (χ4v) is 18.5. The predicted octanol–water partition coefficient (Wildman–Crippen LogP) is 28.6. The molecule has 2 aliphatic heterocycles. The summed E-state index contributed by atoms with van der Waals surface area (Å²) in [6.45, 7) is 18.0. The summed E-state index contributed by atoms with van der Waals surface area (Å²) in [5, 5.41) is 41.4. The Morgan fingerprint density at radius 3 is 1.24 bits per heavy atom. The van der Waals surface area contributed by atoms with Crippen LogP contribution in [0.5, 0.6) is 23.0 Å². The molecule has 0 bridgehead atoms. The minimum absolute atomic E-state index is 0. The van der Waals surface area contributed by atoms with E-state index in [0.29, 0.717) is 51.7 Å². The monoisotopic (exact) mass is 2730 g/mol. The number of benzene rings is 14. The van der Waals surface area contributed by atoms with Crippen molar-refractivity contribution in [1.29, 1.82) is 0 Å². The second kappa shape index (κ2) is 47.8. The van der Waals surface area contributed by atoms with E-state index in [1.54, 1.807) is 54.6 Å². The van der Waals surface area contributed by atoms with Crippen LogP contribution in [0.4, 0.5) is 11.4 Å². The quantitative estimate of drug-likeness (QED) is 0.0638. The number of aliphatic imine (C=N–C) groups is 2. The molecule has 0 fully saturated rings. The first-order valence-corrected chi connectivity index (χ1v) is 46.3. The van der Waals surface area contributed by atoms with Crippen molar-refractivity contribution in [3.05, 3.63) is 444 Å². The van der Waals surface area contributed by atoms with E-state index in [1.165, 1.54) is 44.8 Å². The van der Waals surface area contributed by atoms with E-state index in [9.17, 15) is 20.4 Å². The maximum absolute atomic E-state index is 10.7. The molecule has 4 N–H and O–H groups in total. The number of nitrogens with zero attached hydrogens (tertiary/aromatic N) is 10. The first kappa shape index (κ1) is 107. The standard InChI is InChI=1S/C37H32N3O.C36H32N3O.2C25H15N2O.4Pt.2Y/c1-22(2)27-14-9-15-28(23(3)4)36(27)40-31-17-10-16-29(35(31)39-37(40)24-11-6-5-7-12-24)30-20-19-26-21-25-13-8-18-32(41)33(25)34(26)38-30;1-23(2)26-16-10-17-27(24(3)4)35(26)39-32-21-11-18-29(34(32)38-36(39)25-13-6-5-7-14-25)31-20-12-19-30(37-31)28-15-8-9-22-33(28)40;28-25-14-4-2-10-20(25)23-13-6-12-22(26-23)17-8-5-9-18(15-17)24-16-19-7-1-3-11-21(19)27-24;28-24-15-5-4-11-19(24)21-13-7-14-22(26-21)20-12-6-10-18-16-23(27-25(18)20)17-8-2-1-3-9-17;;;;;;/h5-11,13-20,22-23,41H,21H2,1-4H3;5-13,15-24,40H,1-4H3;1-9,11-12,14,28H,16H2;1-8,10,12,14-15,28H,16H2;;;;;;/q2*-1;2*-3;;;;;;. The van der Waals surface area contributed by atoms with Gasteiger partial charge in [-0.05, 0) is 159 Å². The molecule has 14 aromatic carbocycles. The summed E-state index contributed by atoms with van der Waals surface area (Å²) < 4.78 is 4.66. The Bertz CT molecular complexity index is 8000.